The molecule has 1 aliphatic heterocycles. The third kappa shape index (κ3) is 4.98. The number of nitrogens with one attached hydrogen (secondary N) is 1. The first kappa shape index (κ1) is 23.1. The first-order valence-electron chi connectivity index (χ1n) is 11.5. The Hall–Kier alpha value is -3.05. The van der Waals surface area contributed by atoms with Gasteiger partial charge >= 0.3 is 0 Å². The minimum absolute atomic E-state index is 0.00523. The lowest BCUT2D eigenvalue weighted by Gasteiger charge is -2.27. The number of benzene rings is 3. The van der Waals surface area contributed by atoms with E-state index in [9.17, 15) is 9.59 Å². The highest BCUT2D eigenvalue weighted by molar-refractivity contribution is 8.00. The molecule has 5 heteroatoms. The third-order valence-electron chi connectivity index (χ3n) is 6.08. The van der Waals surface area contributed by atoms with Gasteiger partial charge in [0.15, 0.2) is 0 Å². The minimum Gasteiger partial charge on any atom is -0.326 e. The fourth-order valence-electron chi connectivity index (χ4n) is 4.34. The van der Waals surface area contributed by atoms with Gasteiger partial charge in [-0.2, -0.15) is 0 Å². The molecule has 0 aliphatic carbocycles. The van der Waals surface area contributed by atoms with Crippen LogP contribution in [0.25, 0.3) is 0 Å². The van der Waals surface area contributed by atoms with Crippen molar-refractivity contribution in [2.75, 3.05) is 16.0 Å². The van der Waals surface area contributed by atoms with Gasteiger partial charge in [-0.15, -0.1) is 11.8 Å². The molecule has 33 heavy (non-hydrogen) atoms. The van der Waals surface area contributed by atoms with Crippen molar-refractivity contribution in [3.8, 4) is 0 Å². The SMILES string of the molecule is CC[C@H](C(=O)Nc1ccc([C@@H]2SCC(=O)N2c2ccccc2C(C)C)cc1)c1ccccc1. The smallest absolute Gasteiger partial charge is 0.238 e. The molecule has 1 fully saturated rings. The third-order valence-corrected chi connectivity index (χ3v) is 7.29. The van der Waals surface area contributed by atoms with E-state index in [0.717, 1.165) is 28.9 Å². The molecule has 0 spiro atoms. The fraction of sp³-hybridized carbons (Fsp3) is 0.286. The minimum atomic E-state index is -0.183. The Labute approximate surface area is 200 Å². The van der Waals surface area contributed by atoms with Crippen LogP contribution in [-0.4, -0.2) is 17.6 Å². The molecule has 0 saturated carbocycles. The van der Waals surface area contributed by atoms with Crippen LogP contribution in [0.3, 0.4) is 0 Å². The van der Waals surface area contributed by atoms with E-state index < -0.39 is 0 Å². The molecule has 0 unspecified atom stereocenters. The predicted octanol–water partition coefficient (Wildman–Crippen LogP) is 6.72. The van der Waals surface area contributed by atoms with Crippen LogP contribution in [0, 0.1) is 0 Å². The number of carbonyl (C=O) groups excluding carboxylic acids is 2. The van der Waals surface area contributed by atoms with Crippen LogP contribution in [0.2, 0.25) is 0 Å². The fourth-order valence-corrected chi connectivity index (χ4v) is 5.51. The van der Waals surface area contributed by atoms with Crippen LogP contribution in [0.4, 0.5) is 11.4 Å². The monoisotopic (exact) mass is 458 g/mol. The van der Waals surface area contributed by atoms with Gasteiger partial charge in [-0.3, -0.25) is 14.5 Å². The quantitative estimate of drug-likeness (QED) is 0.427. The first-order valence-corrected chi connectivity index (χ1v) is 12.5. The van der Waals surface area contributed by atoms with Crippen molar-refractivity contribution >= 4 is 35.0 Å². The molecule has 1 aliphatic rings. The summed E-state index contributed by atoms with van der Waals surface area (Å²) in [5.41, 5.74) is 5.00. The highest BCUT2D eigenvalue weighted by Gasteiger charge is 2.35. The van der Waals surface area contributed by atoms with Gasteiger partial charge in [0, 0.05) is 11.4 Å². The van der Waals surface area contributed by atoms with Gasteiger partial charge in [0.1, 0.15) is 5.37 Å². The highest BCUT2D eigenvalue weighted by atomic mass is 32.2. The molecule has 0 aromatic heterocycles. The molecule has 0 bridgehead atoms. The molecule has 4 nitrogen and oxygen atoms in total. The second-order valence-electron chi connectivity index (χ2n) is 8.62. The average Bonchev–Trinajstić information content (AvgIpc) is 3.22. The molecule has 4 rings (SSSR count). The summed E-state index contributed by atoms with van der Waals surface area (Å²) in [7, 11) is 0. The number of amides is 2. The largest absolute Gasteiger partial charge is 0.326 e. The predicted molar refractivity (Wildman–Crippen MR) is 138 cm³/mol. The molecule has 2 atom stereocenters. The lowest BCUT2D eigenvalue weighted by Crippen LogP contribution is -2.29. The maximum atomic E-state index is 12.9. The van der Waals surface area contributed by atoms with Crippen molar-refractivity contribution in [3.63, 3.8) is 0 Å². The zero-order valence-electron chi connectivity index (χ0n) is 19.3. The molecular weight excluding hydrogens is 428 g/mol. The second-order valence-corrected chi connectivity index (χ2v) is 9.69. The molecule has 3 aromatic carbocycles. The Bertz CT molecular complexity index is 1110. The van der Waals surface area contributed by atoms with Crippen LogP contribution in [0.1, 0.15) is 61.1 Å². The van der Waals surface area contributed by atoms with Gasteiger partial charge in [0.2, 0.25) is 11.8 Å². The molecule has 1 N–H and O–H groups in total. The van der Waals surface area contributed by atoms with Crippen molar-refractivity contribution in [2.45, 2.75) is 44.4 Å². The van der Waals surface area contributed by atoms with E-state index in [2.05, 4.69) is 25.2 Å². The Morgan fingerprint density at radius 3 is 2.33 bits per heavy atom. The molecule has 170 valence electrons. The number of carbonyl (C=O) groups is 2. The molecule has 1 saturated heterocycles. The summed E-state index contributed by atoms with van der Waals surface area (Å²) in [6.07, 6.45) is 0.735. The summed E-state index contributed by atoms with van der Waals surface area (Å²) in [4.78, 5) is 27.7. The van der Waals surface area contributed by atoms with Crippen molar-refractivity contribution in [1.29, 1.82) is 0 Å². The molecular formula is C28H30N2O2S. The van der Waals surface area contributed by atoms with Crippen LogP contribution in [0.5, 0.6) is 0 Å². The van der Waals surface area contributed by atoms with Crippen molar-refractivity contribution < 1.29 is 9.59 Å². The van der Waals surface area contributed by atoms with Gasteiger partial charge in [0.05, 0.1) is 11.7 Å². The van der Waals surface area contributed by atoms with Crippen LogP contribution < -0.4 is 10.2 Å². The Kier molecular flexibility index (Phi) is 7.19. The van der Waals surface area contributed by atoms with E-state index in [1.165, 1.54) is 5.56 Å². The van der Waals surface area contributed by atoms with Crippen molar-refractivity contribution in [2.24, 2.45) is 0 Å². The maximum absolute atomic E-state index is 12.9. The van der Waals surface area contributed by atoms with E-state index >= 15 is 0 Å². The Morgan fingerprint density at radius 2 is 1.67 bits per heavy atom. The molecule has 0 radical (unpaired) electrons. The summed E-state index contributed by atoms with van der Waals surface area (Å²) >= 11 is 1.64. The van der Waals surface area contributed by atoms with Gasteiger partial charge in [-0.25, -0.2) is 0 Å². The van der Waals surface area contributed by atoms with E-state index in [0.29, 0.717) is 11.7 Å². The summed E-state index contributed by atoms with van der Waals surface area (Å²) < 4.78 is 0. The summed E-state index contributed by atoms with van der Waals surface area (Å²) in [5.74, 6) is 0.731. The lowest BCUT2D eigenvalue weighted by molar-refractivity contribution is -0.118. The van der Waals surface area contributed by atoms with E-state index in [-0.39, 0.29) is 23.1 Å². The first-order chi connectivity index (χ1) is 16.0. The van der Waals surface area contributed by atoms with Crippen molar-refractivity contribution in [1.82, 2.24) is 0 Å². The zero-order valence-corrected chi connectivity index (χ0v) is 20.1. The summed E-state index contributed by atoms with van der Waals surface area (Å²) in [5, 5.41) is 2.98. The Balaban J connectivity index is 1.53. The highest BCUT2D eigenvalue weighted by Crippen LogP contribution is 2.44. The number of thioether (sulfide) groups is 1. The number of anilines is 2. The van der Waals surface area contributed by atoms with Gasteiger partial charge in [-0.05, 0) is 47.2 Å². The van der Waals surface area contributed by atoms with E-state index in [1.54, 1.807) is 11.8 Å². The molecule has 1 heterocycles. The van der Waals surface area contributed by atoms with Crippen LogP contribution >= 0.6 is 11.8 Å². The number of nitrogens with zero attached hydrogens (tertiary/aromatic N) is 1. The second kappa shape index (κ2) is 10.3. The average molecular weight is 459 g/mol. The zero-order chi connectivity index (χ0) is 23.4. The number of rotatable bonds is 7. The lowest BCUT2D eigenvalue weighted by atomic mass is 9.95. The van der Waals surface area contributed by atoms with Crippen LogP contribution in [-0.2, 0) is 9.59 Å². The topological polar surface area (TPSA) is 49.4 Å². The van der Waals surface area contributed by atoms with Gasteiger partial charge < -0.3 is 5.32 Å². The number of hydrogen-bond donors (Lipinski definition) is 1. The number of para-hydroxylation sites is 1. The molecule has 3 aromatic rings. The van der Waals surface area contributed by atoms with E-state index in [4.69, 9.17) is 0 Å². The molecule has 2 amide bonds. The maximum Gasteiger partial charge on any atom is 0.238 e. The normalized spacial score (nSPS) is 16.8. The summed E-state index contributed by atoms with van der Waals surface area (Å²) in [6, 6.07) is 25.9. The summed E-state index contributed by atoms with van der Waals surface area (Å²) in [6.45, 7) is 6.33. The number of hydrogen-bond acceptors (Lipinski definition) is 3. The van der Waals surface area contributed by atoms with Gasteiger partial charge in [0.25, 0.3) is 0 Å². The Morgan fingerprint density at radius 1 is 1.00 bits per heavy atom. The van der Waals surface area contributed by atoms with Crippen LogP contribution in [0.15, 0.2) is 78.9 Å². The standard InChI is InChI=1S/C28H30N2O2S/c1-4-23(20-10-6-5-7-11-20)27(32)29-22-16-14-21(15-17-22)28-30(26(31)18-33-28)25-13-9-8-12-24(25)19(2)3/h5-17,19,23,28H,4,18H2,1-3H3,(H,29,32)/t23-,28-/m0/s1. The van der Waals surface area contributed by atoms with Gasteiger partial charge in [-0.1, -0.05) is 81.4 Å². The van der Waals surface area contributed by atoms with Crippen molar-refractivity contribution in [3.05, 3.63) is 95.6 Å². The van der Waals surface area contributed by atoms with E-state index in [1.807, 2.05) is 84.6 Å².